The minimum Gasteiger partial charge on any atom is -0.497 e. The molecule has 0 saturated heterocycles. The van der Waals surface area contributed by atoms with Gasteiger partial charge in [0.15, 0.2) is 11.5 Å². The molecule has 0 spiro atoms. The van der Waals surface area contributed by atoms with E-state index in [0.29, 0.717) is 23.0 Å². The summed E-state index contributed by atoms with van der Waals surface area (Å²) >= 11 is 0. The first kappa shape index (κ1) is 16.3. The Kier molecular flexibility index (Phi) is 5.01. The number of fused-ring (bicyclic) bond motifs is 1. The van der Waals surface area contributed by atoms with Crippen LogP contribution >= 0.6 is 0 Å². The summed E-state index contributed by atoms with van der Waals surface area (Å²) in [5.41, 5.74) is 2.34. The number of benzene rings is 1. The predicted molar refractivity (Wildman–Crippen MR) is 88.2 cm³/mol. The molecule has 118 valence electrons. The zero-order valence-corrected chi connectivity index (χ0v) is 13.9. The van der Waals surface area contributed by atoms with Crippen molar-refractivity contribution in [3.8, 4) is 11.5 Å². The SMILES string of the molecule is CC.COc1ccc2nc(C3CC3)c(OC)c(C(C)=O)c2c1. The second-order valence-electron chi connectivity index (χ2n) is 5.12. The van der Waals surface area contributed by atoms with Crippen LogP contribution in [0.1, 0.15) is 55.6 Å². The summed E-state index contributed by atoms with van der Waals surface area (Å²) < 4.78 is 10.7. The number of ether oxygens (including phenoxy) is 2. The lowest BCUT2D eigenvalue weighted by atomic mass is 10.0. The summed E-state index contributed by atoms with van der Waals surface area (Å²) in [7, 11) is 3.21. The van der Waals surface area contributed by atoms with Gasteiger partial charge in [0.2, 0.25) is 0 Å². The minimum atomic E-state index is -0.00981. The maximum Gasteiger partial charge on any atom is 0.164 e. The van der Waals surface area contributed by atoms with Gasteiger partial charge in [0.1, 0.15) is 5.75 Å². The molecule has 1 aliphatic carbocycles. The third kappa shape index (κ3) is 2.91. The van der Waals surface area contributed by atoms with Gasteiger partial charge in [-0.1, -0.05) is 13.8 Å². The highest BCUT2D eigenvalue weighted by molar-refractivity contribution is 6.09. The van der Waals surface area contributed by atoms with E-state index in [9.17, 15) is 4.79 Å². The topological polar surface area (TPSA) is 48.4 Å². The molecule has 1 aromatic carbocycles. The van der Waals surface area contributed by atoms with Gasteiger partial charge in [-0.25, -0.2) is 4.98 Å². The Morgan fingerprint density at radius 3 is 2.36 bits per heavy atom. The van der Waals surface area contributed by atoms with Crippen LogP contribution in [0.15, 0.2) is 18.2 Å². The van der Waals surface area contributed by atoms with Crippen LogP contribution in [0.3, 0.4) is 0 Å². The molecule has 4 heteroatoms. The Balaban J connectivity index is 0.000000847. The average molecular weight is 301 g/mol. The lowest BCUT2D eigenvalue weighted by molar-refractivity contribution is 0.101. The average Bonchev–Trinajstić information content (AvgIpc) is 3.38. The lowest BCUT2D eigenvalue weighted by Gasteiger charge is -2.14. The van der Waals surface area contributed by atoms with Gasteiger partial charge in [-0.05, 0) is 38.0 Å². The van der Waals surface area contributed by atoms with Crippen LogP contribution < -0.4 is 9.47 Å². The number of carbonyl (C=O) groups excluding carboxylic acids is 1. The third-order valence-electron chi connectivity index (χ3n) is 3.69. The van der Waals surface area contributed by atoms with Crippen LogP contribution in [0.2, 0.25) is 0 Å². The summed E-state index contributed by atoms with van der Waals surface area (Å²) in [4.78, 5) is 16.8. The Hall–Kier alpha value is -2.10. The first-order valence-electron chi connectivity index (χ1n) is 7.72. The minimum absolute atomic E-state index is 0.00981. The van der Waals surface area contributed by atoms with Gasteiger partial charge in [0.05, 0.1) is 31.0 Å². The maximum absolute atomic E-state index is 12.1. The summed E-state index contributed by atoms with van der Waals surface area (Å²) in [6, 6.07) is 5.60. The van der Waals surface area contributed by atoms with E-state index in [4.69, 9.17) is 14.5 Å². The molecule has 1 aromatic heterocycles. The summed E-state index contributed by atoms with van der Waals surface area (Å²) in [6.45, 7) is 5.56. The van der Waals surface area contributed by atoms with Crippen molar-refractivity contribution in [1.29, 1.82) is 0 Å². The van der Waals surface area contributed by atoms with Crippen molar-refractivity contribution >= 4 is 16.7 Å². The highest BCUT2D eigenvalue weighted by Crippen LogP contribution is 2.46. The molecule has 1 aliphatic rings. The van der Waals surface area contributed by atoms with Crippen LogP contribution in [0, 0.1) is 0 Å². The fourth-order valence-corrected chi connectivity index (χ4v) is 2.56. The van der Waals surface area contributed by atoms with Crippen molar-refractivity contribution in [3.05, 3.63) is 29.5 Å². The molecule has 1 heterocycles. The molecule has 0 aliphatic heterocycles. The number of methoxy groups -OCH3 is 2. The number of hydrogen-bond acceptors (Lipinski definition) is 4. The Morgan fingerprint density at radius 1 is 1.18 bits per heavy atom. The molecule has 4 nitrogen and oxygen atoms in total. The van der Waals surface area contributed by atoms with E-state index in [2.05, 4.69) is 0 Å². The van der Waals surface area contributed by atoms with Crippen molar-refractivity contribution in [1.82, 2.24) is 4.98 Å². The summed E-state index contributed by atoms with van der Waals surface area (Å²) in [6.07, 6.45) is 2.23. The molecule has 1 fully saturated rings. The van der Waals surface area contributed by atoms with Crippen molar-refractivity contribution < 1.29 is 14.3 Å². The Morgan fingerprint density at radius 2 is 1.86 bits per heavy atom. The first-order valence-corrected chi connectivity index (χ1v) is 7.72. The highest BCUT2D eigenvalue weighted by atomic mass is 16.5. The monoisotopic (exact) mass is 301 g/mol. The molecule has 22 heavy (non-hydrogen) atoms. The van der Waals surface area contributed by atoms with Gasteiger partial charge < -0.3 is 9.47 Å². The van der Waals surface area contributed by atoms with E-state index in [1.165, 1.54) is 0 Å². The normalized spacial score (nSPS) is 13.3. The summed E-state index contributed by atoms with van der Waals surface area (Å²) in [5, 5.41) is 0.790. The molecular formula is C18H23NO3. The summed E-state index contributed by atoms with van der Waals surface area (Å²) in [5.74, 6) is 1.75. The largest absolute Gasteiger partial charge is 0.497 e. The maximum atomic E-state index is 12.1. The Labute approximate surface area is 131 Å². The molecule has 0 bridgehead atoms. The Bertz CT molecular complexity index is 690. The third-order valence-corrected chi connectivity index (χ3v) is 3.69. The molecule has 0 atom stereocenters. The zero-order valence-electron chi connectivity index (χ0n) is 13.9. The van der Waals surface area contributed by atoms with E-state index >= 15 is 0 Å². The van der Waals surface area contributed by atoms with Crippen LogP contribution in [0.5, 0.6) is 11.5 Å². The van der Waals surface area contributed by atoms with Crippen LogP contribution in [0.25, 0.3) is 10.9 Å². The second-order valence-corrected chi connectivity index (χ2v) is 5.12. The van der Waals surface area contributed by atoms with Gasteiger partial charge >= 0.3 is 0 Å². The fourth-order valence-electron chi connectivity index (χ4n) is 2.56. The lowest BCUT2D eigenvalue weighted by Crippen LogP contribution is -2.05. The van der Waals surface area contributed by atoms with Crippen LogP contribution in [-0.2, 0) is 0 Å². The standard InChI is InChI=1S/C16H17NO3.C2H6/c1-9(18)14-12-8-11(19-2)6-7-13(12)17-15(10-4-5-10)16(14)20-3;1-2/h6-8,10H,4-5H2,1-3H3;1-2H3. The number of rotatable bonds is 4. The quantitative estimate of drug-likeness (QED) is 0.787. The van der Waals surface area contributed by atoms with E-state index < -0.39 is 0 Å². The number of pyridine rings is 1. The van der Waals surface area contributed by atoms with Crippen LogP contribution in [-0.4, -0.2) is 25.0 Å². The number of ketones is 1. The van der Waals surface area contributed by atoms with Gasteiger partial charge in [0, 0.05) is 11.3 Å². The van der Waals surface area contributed by atoms with Gasteiger partial charge in [-0.3, -0.25) is 4.79 Å². The van der Waals surface area contributed by atoms with Crippen molar-refractivity contribution in [2.75, 3.05) is 14.2 Å². The number of hydrogen-bond donors (Lipinski definition) is 0. The first-order chi connectivity index (χ1) is 10.7. The molecule has 0 N–H and O–H groups in total. The highest BCUT2D eigenvalue weighted by Gasteiger charge is 2.31. The van der Waals surface area contributed by atoms with E-state index in [-0.39, 0.29) is 5.78 Å². The molecule has 0 unspecified atom stereocenters. The molecule has 1 saturated carbocycles. The number of aromatic nitrogens is 1. The zero-order chi connectivity index (χ0) is 16.3. The molecule has 0 amide bonds. The van der Waals surface area contributed by atoms with Gasteiger partial charge in [-0.15, -0.1) is 0 Å². The number of Topliss-reactive ketones (excluding diaryl/α,β-unsaturated/α-hetero) is 1. The molecular weight excluding hydrogens is 278 g/mol. The number of nitrogens with zero attached hydrogens (tertiary/aromatic N) is 1. The predicted octanol–water partition coefficient (Wildman–Crippen LogP) is 4.36. The molecule has 2 aromatic rings. The van der Waals surface area contributed by atoms with E-state index in [0.717, 1.165) is 29.4 Å². The van der Waals surface area contributed by atoms with Crippen molar-refractivity contribution in [2.45, 2.75) is 39.5 Å². The van der Waals surface area contributed by atoms with E-state index in [1.807, 2.05) is 32.0 Å². The van der Waals surface area contributed by atoms with E-state index in [1.54, 1.807) is 21.1 Å². The van der Waals surface area contributed by atoms with Crippen LogP contribution in [0.4, 0.5) is 0 Å². The van der Waals surface area contributed by atoms with Gasteiger partial charge in [0.25, 0.3) is 0 Å². The smallest absolute Gasteiger partial charge is 0.164 e. The number of carbonyl (C=O) groups is 1. The van der Waals surface area contributed by atoms with Gasteiger partial charge in [-0.2, -0.15) is 0 Å². The second kappa shape index (κ2) is 6.77. The fraction of sp³-hybridized carbons (Fsp3) is 0.444. The molecule has 3 rings (SSSR count). The van der Waals surface area contributed by atoms with Crippen molar-refractivity contribution in [2.24, 2.45) is 0 Å². The molecule has 0 radical (unpaired) electrons. The van der Waals surface area contributed by atoms with Crippen molar-refractivity contribution in [3.63, 3.8) is 0 Å².